The zero-order valence-corrected chi connectivity index (χ0v) is 17.3. The third kappa shape index (κ3) is 5.23. The number of rotatable bonds is 7. The average Bonchev–Trinajstić information content (AvgIpc) is 2.51. The molecule has 1 rings (SSSR count). The lowest BCUT2D eigenvalue weighted by molar-refractivity contribution is -0.138. The number of esters is 1. The summed E-state index contributed by atoms with van der Waals surface area (Å²) in [5.74, 6) is -0.705. The summed E-state index contributed by atoms with van der Waals surface area (Å²) in [5, 5.41) is 10.5. The quantitative estimate of drug-likeness (QED) is 0.727. The van der Waals surface area contributed by atoms with Crippen LogP contribution in [-0.2, 0) is 9.53 Å². The monoisotopic (exact) mass is 363 g/mol. The maximum absolute atomic E-state index is 12.5. The molecule has 0 aliphatic carbocycles. The van der Waals surface area contributed by atoms with Crippen LogP contribution in [0.3, 0.4) is 0 Å². The number of phenols is 1. The summed E-state index contributed by atoms with van der Waals surface area (Å²) in [4.78, 5) is 26.6. The van der Waals surface area contributed by atoms with Gasteiger partial charge in [0.1, 0.15) is 11.3 Å². The van der Waals surface area contributed by atoms with Crippen LogP contribution in [0.2, 0.25) is 0 Å². The molecular formula is C21H33NO4. The fourth-order valence-corrected chi connectivity index (χ4v) is 3.06. The van der Waals surface area contributed by atoms with Gasteiger partial charge in [-0.1, -0.05) is 33.8 Å². The maximum atomic E-state index is 12.5. The van der Waals surface area contributed by atoms with Gasteiger partial charge in [0.25, 0.3) is 5.91 Å². The van der Waals surface area contributed by atoms with E-state index in [2.05, 4.69) is 0 Å². The molecule has 0 saturated carbocycles. The summed E-state index contributed by atoms with van der Waals surface area (Å²) < 4.78 is 5.23. The summed E-state index contributed by atoms with van der Waals surface area (Å²) in [6.45, 7) is 15.3. The highest BCUT2D eigenvalue weighted by molar-refractivity contribution is 5.94. The van der Waals surface area contributed by atoms with E-state index in [0.717, 1.165) is 5.56 Å². The Morgan fingerprint density at radius 3 is 1.92 bits per heavy atom. The molecule has 1 aromatic rings. The summed E-state index contributed by atoms with van der Waals surface area (Å²) in [6, 6.07) is 3.62. The number of aromatic hydroxyl groups is 1. The van der Waals surface area contributed by atoms with Crippen LogP contribution < -0.4 is 0 Å². The van der Waals surface area contributed by atoms with Crippen LogP contribution in [0.15, 0.2) is 12.1 Å². The number of carbonyl (C=O) groups excluding carboxylic acids is 2. The number of carbonyl (C=O) groups is 2. The van der Waals surface area contributed by atoms with Gasteiger partial charge in [0.2, 0.25) is 0 Å². The summed E-state index contributed by atoms with van der Waals surface area (Å²) >= 11 is 0. The van der Waals surface area contributed by atoms with Gasteiger partial charge in [-0.2, -0.15) is 0 Å². The smallest absolute Gasteiger partial charge is 0.342 e. The largest absolute Gasteiger partial charge is 0.507 e. The van der Waals surface area contributed by atoms with E-state index in [1.807, 2.05) is 61.5 Å². The Morgan fingerprint density at radius 2 is 1.50 bits per heavy atom. The molecule has 0 fully saturated rings. The van der Waals surface area contributed by atoms with E-state index in [-0.39, 0.29) is 47.7 Å². The van der Waals surface area contributed by atoms with Crippen molar-refractivity contribution in [2.45, 2.75) is 79.3 Å². The van der Waals surface area contributed by atoms with E-state index in [4.69, 9.17) is 4.74 Å². The SMILES string of the molecule is CC(C)c1cc(C(=O)OCC(=O)N(C(C)C)C(C)C)c(O)c(C(C)C)c1. The van der Waals surface area contributed by atoms with Gasteiger partial charge in [-0.25, -0.2) is 4.79 Å². The summed E-state index contributed by atoms with van der Waals surface area (Å²) in [7, 11) is 0. The Kier molecular flexibility index (Phi) is 7.67. The summed E-state index contributed by atoms with van der Waals surface area (Å²) in [5.41, 5.74) is 1.78. The Labute approximate surface area is 157 Å². The lowest BCUT2D eigenvalue weighted by atomic mass is 9.92. The first-order valence-corrected chi connectivity index (χ1v) is 9.32. The molecule has 0 saturated heterocycles. The lowest BCUT2D eigenvalue weighted by Crippen LogP contribution is -2.44. The fraction of sp³-hybridized carbons (Fsp3) is 0.619. The van der Waals surface area contributed by atoms with Crippen molar-refractivity contribution in [1.29, 1.82) is 0 Å². The predicted octanol–water partition coefficient (Wildman–Crippen LogP) is 4.44. The first kappa shape index (κ1) is 22.0. The van der Waals surface area contributed by atoms with Crippen molar-refractivity contribution in [3.8, 4) is 5.75 Å². The van der Waals surface area contributed by atoms with Gasteiger partial charge >= 0.3 is 5.97 Å². The number of phenolic OH excluding ortho intramolecular Hbond substituents is 1. The van der Waals surface area contributed by atoms with Crippen molar-refractivity contribution in [3.63, 3.8) is 0 Å². The molecule has 0 radical (unpaired) electrons. The molecule has 1 amide bonds. The number of nitrogens with zero attached hydrogens (tertiary/aromatic N) is 1. The predicted molar refractivity (Wildman–Crippen MR) is 104 cm³/mol. The van der Waals surface area contributed by atoms with Crippen LogP contribution >= 0.6 is 0 Å². The molecule has 0 aliphatic heterocycles. The third-order valence-electron chi connectivity index (χ3n) is 4.40. The standard InChI is InChI=1S/C21H33NO4/c1-12(2)16-9-17(13(3)4)20(24)18(10-16)21(25)26-11-19(23)22(14(5)6)15(7)8/h9-10,12-15,24H,11H2,1-8H3. The summed E-state index contributed by atoms with van der Waals surface area (Å²) in [6.07, 6.45) is 0. The van der Waals surface area contributed by atoms with Crippen molar-refractivity contribution < 1.29 is 19.4 Å². The van der Waals surface area contributed by atoms with Crippen LogP contribution in [0.1, 0.15) is 88.7 Å². The highest BCUT2D eigenvalue weighted by Crippen LogP contribution is 2.33. The Bertz CT molecular complexity index is 640. The van der Waals surface area contributed by atoms with Gasteiger partial charge < -0.3 is 14.7 Å². The van der Waals surface area contributed by atoms with Crippen molar-refractivity contribution in [2.24, 2.45) is 0 Å². The van der Waals surface area contributed by atoms with Gasteiger partial charge in [0, 0.05) is 12.1 Å². The van der Waals surface area contributed by atoms with Crippen LogP contribution in [0.25, 0.3) is 0 Å². The normalized spacial score (nSPS) is 11.5. The van der Waals surface area contributed by atoms with Crippen molar-refractivity contribution in [3.05, 3.63) is 28.8 Å². The number of hydrogen-bond acceptors (Lipinski definition) is 4. The first-order chi connectivity index (χ1) is 12.0. The highest BCUT2D eigenvalue weighted by Gasteiger charge is 2.24. The van der Waals surface area contributed by atoms with Gasteiger partial charge in [-0.3, -0.25) is 4.79 Å². The maximum Gasteiger partial charge on any atom is 0.342 e. The molecule has 0 atom stereocenters. The van der Waals surface area contributed by atoms with Gasteiger partial charge in [-0.05, 0) is 56.7 Å². The van der Waals surface area contributed by atoms with E-state index < -0.39 is 5.97 Å². The van der Waals surface area contributed by atoms with Crippen molar-refractivity contribution >= 4 is 11.9 Å². The van der Waals surface area contributed by atoms with Gasteiger partial charge in [0.15, 0.2) is 6.61 Å². The second-order valence-electron chi connectivity index (χ2n) is 7.88. The minimum atomic E-state index is -0.673. The molecule has 146 valence electrons. The second kappa shape index (κ2) is 9.06. The molecule has 5 nitrogen and oxygen atoms in total. The minimum absolute atomic E-state index is 0.0198. The van der Waals surface area contributed by atoms with E-state index >= 15 is 0 Å². The fourth-order valence-electron chi connectivity index (χ4n) is 3.06. The zero-order chi connectivity index (χ0) is 20.2. The molecule has 0 aromatic heterocycles. The highest BCUT2D eigenvalue weighted by atomic mass is 16.5. The molecule has 0 aliphatic rings. The van der Waals surface area contributed by atoms with E-state index in [1.165, 1.54) is 0 Å². The lowest BCUT2D eigenvalue weighted by Gasteiger charge is -2.30. The molecule has 5 heteroatoms. The van der Waals surface area contributed by atoms with Crippen molar-refractivity contribution in [2.75, 3.05) is 6.61 Å². The van der Waals surface area contributed by atoms with Crippen LogP contribution in [-0.4, -0.2) is 40.6 Å². The zero-order valence-electron chi connectivity index (χ0n) is 17.3. The molecule has 0 bridgehead atoms. The van der Waals surface area contributed by atoms with Gasteiger partial charge in [0.05, 0.1) is 0 Å². The molecular weight excluding hydrogens is 330 g/mol. The minimum Gasteiger partial charge on any atom is -0.507 e. The van der Waals surface area contributed by atoms with E-state index in [1.54, 1.807) is 11.0 Å². The molecule has 0 unspecified atom stereocenters. The van der Waals surface area contributed by atoms with Crippen LogP contribution in [0.5, 0.6) is 5.75 Å². The number of amides is 1. The van der Waals surface area contributed by atoms with Crippen LogP contribution in [0, 0.1) is 0 Å². The average molecular weight is 363 g/mol. The molecule has 1 N–H and O–H groups in total. The first-order valence-electron chi connectivity index (χ1n) is 9.32. The number of ether oxygens (including phenoxy) is 1. The number of hydrogen-bond donors (Lipinski definition) is 1. The van der Waals surface area contributed by atoms with Gasteiger partial charge in [-0.15, -0.1) is 0 Å². The Balaban J connectivity index is 3.05. The Hall–Kier alpha value is -2.04. The molecule has 0 heterocycles. The number of benzene rings is 1. The van der Waals surface area contributed by atoms with Crippen LogP contribution in [0.4, 0.5) is 0 Å². The molecule has 0 spiro atoms. The van der Waals surface area contributed by atoms with Crippen molar-refractivity contribution in [1.82, 2.24) is 4.90 Å². The Morgan fingerprint density at radius 1 is 0.962 bits per heavy atom. The van der Waals surface area contributed by atoms with E-state index in [0.29, 0.717) is 5.56 Å². The third-order valence-corrected chi connectivity index (χ3v) is 4.40. The molecule has 1 aromatic carbocycles. The topological polar surface area (TPSA) is 66.8 Å². The second-order valence-corrected chi connectivity index (χ2v) is 7.88. The molecule has 26 heavy (non-hydrogen) atoms. The van der Waals surface area contributed by atoms with E-state index in [9.17, 15) is 14.7 Å².